The zero-order valence-electron chi connectivity index (χ0n) is 14.5. The number of carbonyl (C=O) groups excluding carboxylic acids is 1. The molecule has 3 aromatic rings. The van der Waals surface area contributed by atoms with Gasteiger partial charge in [-0.15, -0.1) is 0 Å². The maximum Gasteiger partial charge on any atom is 0.272 e. The van der Waals surface area contributed by atoms with Crippen LogP contribution in [-0.2, 0) is 13.0 Å². The van der Waals surface area contributed by atoms with Crippen molar-refractivity contribution in [1.29, 1.82) is 0 Å². The van der Waals surface area contributed by atoms with E-state index in [0.717, 1.165) is 60.0 Å². The van der Waals surface area contributed by atoms with Crippen LogP contribution in [0.25, 0.3) is 11.0 Å². The van der Waals surface area contributed by atoms with Crippen LogP contribution in [0.4, 0.5) is 5.82 Å². The van der Waals surface area contributed by atoms with Crippen molar-refractivity contribution >= 4 is 22.8 Å². The monoisotopic (exact) mass is 351 g/mol. The fourth-order valence-corrected chi connectivity index (χ4v) is 3.65. The predicted molar refractivity (Wildman–Crippen MR) is 96.9 cm³/mol. The molecule has 26 heavy (non-hydrogen) atoms. The fourth-order valence-electron chi connectivity index (χ4n) is 3.65. The number of carbonyl (C=O) groups is 1. The number of H-pyrrole nitrogens is 2. The van der Waals surface area contributed by atoms with E-state index in [1.807, 2.05) is 12.3 Å². The van der Waals surface area contributed by atoms with Gasteiger partial charge in [-0.25, -0.2) is 9.97 Å². The van der Waals surface area contributed by atoms with Crippen LogP contribution < -0.4 is 10.2 Å². The Morgan fingerprint density at radius 3 is 3.15 bits per heavy atom. The Morgan fingerprint density at radius 1 is 1.35 bits per heavy atom. The molecule has 134 valence electrons. The number of hydrogen-bond donors (Lipinski definition) is 3. The van der Waals surface area contributed by atoms with Gasteiger partial charge >= 0.3 is 0 Å². The smallest absolute Gasteiger partial charge is 0.272 e. The number of amides is 1. The minimum Gasteiger partial charge on any atom is -0.351 e. The van der Waals surface area contributed by atoms with Gasteiger partial charge in [-0.3, -0.25) is 9.89 Å². The molecule has 0 aromatic carbocycles. The van der Waals surface area contributed by atoms with Crippen molar-refractivity contribution in [2.75, 3.05) is 18.0 Å². The molecule has 1 aliphatic carbocycles. The van der Waals surface area contributed by atoms with Gasteiger partial charge in [0.15, 0.2) is 5.69 Å². The van der Waals surface area contributed by atoms with Crippen LogP contribution in [0.1, 0.15) is 41.0 Å². The minimum atomic E-state index is -0.0838. The van der Waals surface area contributed by atoms with Gasteiger partial charge in [-0.2, -0.15) is 5.10 Å². The first kappa shape index (κ1) is 15.4. The Balaban J connectivity index is 1.37. The number of nitrogens with one attached hydrogen (secondary N) is 3. The average molecular weight is 351 g/mol. The number of aromatic amines is 2. The fraction of sp³-hybridized carbons (Fsp3) is 0.444. The molecule has 4 heterocycles. The molecule has 5 rings (SSSR count). The summed E-state index contributed by atoms with van der Waals surface area (Å²) in [6.07, 6.45) is 7.92. The molecule has 2 aliphatic rings. The molecule has 0 saturated heterocycles. The number of fused-ring (bicyclic) bond motifs is 2. The van der Waals surface area contributed by atoms with Crippen LogP contribution in [0, 0.1) is 5.92 Å². The van der Waals surface area contributed by atoms with Crippen molar-refractivity contribution in [3.05, 3.63) is 35.5 Å². The van der Waals surface area contributed by atoms with E-state index in [9.17, 15) is 4.79 Å². The Kier molecular flexibility index (Phi) is 3.62. The SMILES string of the molecule is O=C(NCCC1CC1)c1n[nH]c2c1CN(c1ncnc3[nH]ccc13)CC2. The first-order chi connectivity index (χ1) is 12.8. The zero-order valence-corrected chi connectivity index (χ0v) is 14.5. The largest absolute Gasteiger partial charge is 0.351 e. The molecule has 0 radical (unpaired) electrons. The number of rotatable bonds is 5. The molecule has 1 fully saturated rings. The third-order valence-electron chi connectivity index (χ3n) is 5.32. The van der Waals surface area contributed by atoms with E-state index in [0.29, 0.717) is 12.2 Å². The summed E-state index contributed by atoms with van der Waals surface area (Å²) in [7, 11) is 0. The lowest BCUT2D eigenvalue weighted by Crippen LogP contribution is -2.33. The normalized spacial score (nSPS) is 16.7. The van der Waals surface area contributed by atoms with Gasteiger partial charge < -0.3 is 15.2 Å². The van der Waals surface area contributed by atoms with Crippen molar-refractivity contribution in [2.45, 2.75) is 32.2 Å². The lowest BCUT2D eigenvalue weighted by Gasteiger charge is -2.28. The van der Waals surface area contributed by atoms with E-state index in [2.05, 4.69) is 35.4 Å². The van der Waals surface area contributed by atoms with Crippen molar-refractivity contribution in [1.82, 2.24) is 30.5 Å². The van der Waals surface area contributed by atoms with E-state index >= 15 is 0 Å². The Morgan fingerprint density at radius 2 is 2.27 bits per heavy atom. The van der Waals surface area contributed by atoms with Gasteiger partial charge in [0.05, 0.1) is 5.39 Å². The maximum atomic E-state index is 12.6. The highest BCUT2D eigenvalue weighted by Gasteiger charge is 2.27. The third kappa shape index (κ3) is 2.71. The van der Waals surface area contributed by atoms with E-state index in [1.165, 1.54) is 12.8 Å². The van der Waals surface area contributed by atoms with Crippen molar-refractivity contribution < 1.29 is 4.79 Å². The highest BCUT2D eigenvalue weighted by atomic mass is 16.1. The first-order valence-electron chi connectivity index (χ1n) is 9.17. The van der Waals surface area contributed by atoms with Crippen molar-refractivity contribution in [3.8, 4) is 0 Å². The lowest BCUT2D eigenvalue weighted by molar-refractivity contribution is 0.0946. The van der Waals surface area contributed by atoms with Crippen LogP contribution in [0.3, 0.4) is 0 Å². The Hall–Kier alpha value is -2.90. The second-order valence-corrected chi connectivity index (χ2v) is 7.13. The van der Waals surface area contributed by atoms with Gasteiger partial charge in [-0.1, -0.05) is 12.8 Å². The lowest BCUT2D eigenvalue weighted by atomic mass is 10.0. The van der Waals surface area contributed by atoms with E-state index in [4.69, 9.17) is 0 Å². The molecule has 0 unspecified atom stereocenters. The van der Waals surface area contributed by atoms with E-state index in [-0.39, 0.29) is 5.91 Å². The summed E-state index contributed by atoms with van der Waals surface area (Å²) in [5.41, 5.74) is 3.36. The number of anilines is 1. The second kappa shape index (κ2) is 6.12. The van der Waals surface area contributed by atoms with Crippen LogP contribution in [0.15, 0.2) is 18.6 Å². The molecule has 1 amide bonds. The molecule has 3 aromatic heterocycles. The third-order valence-corrected chi connectivity index (χ3v) is 5.32. The second-order valence-electron chi connectivity index (χ2n) is 7.13. The standard InChI is InChI=1S/C18H21N7O/c26-18(20-6-3-11-1-2-11)15-13-9-25(8-5-14(13)23-24-15)17-12-4-7-19-16(12)21-10-22-17/h4,7,10-11H,1-3,5-6,8-9H2,(H,20,26)(H,23,24)(H,19,21,22). The molecule has 0 bridgehead atoms. The Bertz CT molecular complexity index is 956. The maximum absolute atomic E-state index is 12.6. The molecule has 1 saturated carbocycles. The topological polar surface area (TPSA) is 103 Å². The zero-order chi connectivity index (χ0) is 17.5. The summed E-state index contributed by atoms with van der Waals surface area (Å²) in [6.45, 7) is 2.18. The summed E-state index contributed by atoms with van der Waals surface area (Å²) in [5.74, 6) is 1.61. The molecule has 8 heteroatoms. The predicted octanol–water partition coefficient (Wildman–Crippen LogP) is 1.77. The molecule has 0 atom stereocenters. The molecule has 8 nitrogen and oxygen atoms in total. The van der Waals surface area contributed by atoms with Crippen LogP contribution in [0.2, 0.25) is 0 Å². The van der Waals surface area contributed by atoms with Crippen molar-refractivity contribution in [3.63, 3.8) is 0 Å². The number of aromatic nitrogens is 5. The average Bonchev–Trinajstić information content (AvgIpc) is 3.19. The van der Waals surface area contributed by atoms with Gasteiger partial charge in [0.25, 0.3) is 5.91 Å². The highest BCUT2D eigenvalue weighted by Crippen LogP contribution is 2.32. The van der Waals surface area contributed by atoms with Crippen LogP contribution >= 0.6 is 0 Å². The molecule has 1 aliphatic heterocycles. The summed E-state index contributed by atoms with van der Waals surface area (Å²) in [4.78, 5) is 26.6. The quantitative estimate of drug-likeness (QED) is 0.650. The molecule has 3 N–H and O–H groups in total. The molecular formula is C18H21N7O. The van der Waals surface area contributed by atoms with Gasteiger partial charge in [0.2, 0.25) is 0 Å². The van der Waals surface area contributed by atoms with Crippen molar-refractivity contribution in [2.24, 2.45) is 5.92 Å². The summed E-state index contributed by atoms with van der Waals surface area (Å²) < 4.78 is 0. The first-order valence-corrected chi connectivity index (χ1v) is 9.17. The summed E-state index contributed by atoms with van der Waals surface area (Å²) >= 11 is 0. The number of nitrogens with zero attached hydrogens (tertiary/aromatic N) is 4. The van der Waals surface area contributed by atoms with Gasteiger partial charge in [-0.05, 0) is 18.4 Å². The number of hydrogen-bond acceptors (Lipinski definition) is 5. The van der Waals surface area contributed by atoms with E-state index in [1.54, 1.807) is 6.33 Å². The van der Waals surface area contributed by atoms with Crippen LogP contribution in [0.5, 0.6) is 0 Å². The Labute approximate surface area is 150 Å². The van der Waals surface area contributed by atoms with Gasteiger partial charge in [0.1, 0.15) is 17.8 Å². The molecule has 0 spiro atoms. The van der Waals surface area contributed by atoms with E-state index < -0.39 is 0 Å². The summed E-state index contributed by atoms with van der Waals surface area (Å²) in [5, 5.41) is 11.3. The van der Waals surface area contributed by atoms with Crippen LogP contribution in [-0.4, -0.2) is 44.1 Å². The minimum absolute atomic E-state index is 0.0838. The highest BCUT2D eigenvalue weighted by molar-refractivity contribution is 5.94. The van der Waals surface area contributed by atoms with Gasteiger partial charge in [0, 0.05) is 43.5 Å². The summed E-state index contributed by atoms with van der Waals surface area (Å²) in [6, 6.07) is 1.99. The molecular weight excluding hydrogens is 330 g/mol.